The van der Waals surface area contributed by atoms with Crippen LogP contribution < -0.4 is 5.32 Å². The van der Waals surface area contributed by atoms with Gasteiger partial charge in [0.2, 0.25) is 0 Å². The van der Waals surface area contributed by atoms with Crippen molar-refractivity contribution in [3.05, 3.63) is 65.4 Å². The lowest BCUT2D eigenvalue weighted by atomic mass is 10.1. The van der Waals surface area contributed by atoms with Gasteiger partial charge >= 0.3 is 0 Å². The number of anilines is 1. The fourth-order valence-electron chi connectivity index (χ4n) is 2.21. The molecule has 23 heavy (non-hydrogen) atoms. The second-order valence-corrected chi connectivity index (χ2v) is 5.37. The molecule has 0 aliphatic rings. The summed E-state index contributed by atoms with van der Waals surface area (Å²) in [5.41, 5.74) is 3.32. The Morgan fingerprint density at radius 1 is 1.04 bits per heavy atom. The molecule has 1 N–H and O–H groups in total. The van der Waals surface area contributed by atoms with Crippen molar-refractivity contribution in [2.75, 3.05) is 5.32 Å². The van der Waals surface area contributed by atoms with E-state index in [0.717, 1.165) is 17.1 Å². The monoisotopic (exact) mass is 307 g/mol. The van der Waals surface area contributed by atoms with E-state index >= 15 is 0 Å². The van der Waals surface area contributed by atoms with Crippen LogP contribution >= 0.6 is 0 Å². The molecular formula is C17H17N5O. The molecule has 3 aromatic rings. The van der Waals surface area contributed by atoms with Crippen LogP contribution in [0, 0.1) is 20.8 Å². The second kappa shape index (κ2) is 6.00. The lowest BCUT2D eigenvalue weighted by molar-refractivity contribution is 0.102. The Morgan fingerprint density at radius 2 is 1.87 bits per heavy atom. The van der Waals surface area contributed by atoms with E-state index in [1.807, 2.05) is 39.0 Å². The van der Waals surface area contributed by atoms with Gasteiger partial charge in [-0.3, -0.25) is 9.36 Å². The zero-order chi connectivity index (χ0) is 16.4. The van der Waals surface area contributed by atoms with Crippen LogP contribution in [-0.4, -0.2) is 25.7 Å². The summed E-state index contributed by atoms with van der Waals surface area (Å²) in [7, 11) is 0. The van der Waals surface area contributed by atoms with Crippen molar-refractivity contribution in [2.45, 2.75) is 20.8 Å². The summed E-state index contributed by atoms with van der Waals surface area (Å²) < 4.78 is 1.80. The van der Waals surface area contributed by atoms with Crippen LogP contribution in [0.2, 0.25) is 0 Å². The Labute approximate surface area is 134 Å². The zero-order valence-electron chi connectivity index (χ0n) is 13.2. The zero-order valence-corrected chi connectivity index (χ0v) is 13.2. The first kappa shape index (κ1) is 14.9. The van der Waals surface area contributed by atoms with E-state index in [1.54, 1.807) is 29.1 Å². The molecule has 0 aliphatic carbocycles. The highest BCUT2D eigenvalue weighted by Gasteiger charge is 2.10. The Bertz CT molecular complexity index is 852. The molecule has 0 spiro atoms. The van der Waals surface area contributed by atoms with E-state index in [-0.39, 0.29) is 11.6 Å². The molecule has 0 unspecified atom stereocenters. The minimum absolute atomic E-state index is 0.268. The number of imidazole rings is 1. The Morgan fingerprint density at radius 3 is 2.48 bits per heavy atom. The average Bonchev–Trinajstić information content (AvgIpc) is 2.97. The van der Waals surface area contributed by atoms with Gasteiger partial charge < -0.3 is 5.32 Å². The maximum Gasteiger partial charge on any atom is 0.276 e. The summed E-state index contributed by atoms with van der Waals surface area (Å²) in [6, 6.07) is 9.18. The van der Waals surface area contributed by atoms with Crippen molar-refractivity contribution in [3.8, 4) is 5.82 Å². The third kappa shape index (κ3) is 3.11. The number of benzene rings is 1. The standard InChI is InChI=1S/C17H17N5O/c1-11-4-5-14(10-12(11)2)19-17(23)15-6-7-16(21-20-15)22-9-8-18-13(22)3/h4-10H,1-3H3,(H,19,23). The Kier molecular flexibility index (Phi) is 3.89. The van der Waals surface area contributed by atoms with Crippen LogP contribution in [0.4, 0.5) is 5.69 Å². The summed E-state index contributed by atoms with van der Waals surface area (Å²) >= 11 is 0. The predicted molar refractivity (Wildman–Crippen MR) is 87.8 cm³/mol. The fourth-order valence-corrected chi connectivity index (χ4v) is 2.21. The van der Waals surface area contributed by atoms with E-state index in [9.17, 15) is 4.79 Å². The number of amides is 1. The molecule has 0 atom stereocenters. The number of carbonyl (C=O) groups excluding carboxylic acids is 1. The summed E-state index contributed by atoms with van der Waals surface area (Å²) in [5, 5.41) is 10.9. The smallest absolute Gasteiger partial charge is 0.276 e. The molecule has 6 nitrogen and oxygen atoms in total. The number of aryl methyl sites for hydroxylation is 3. The number of hydrogen-bond donors (Lipinski definition) is 1. The molecule has 1 aromatic carbocycles. The third-order valence-corrected chi connectivity index (χ3v) is 3.72. The van der Waals surface area contributed by atoms with Crippen molar-refractivity contribution in [1.82, 2.24) is 19.7 Å². The maximum atomic E-state index is 12.2. The topological polar surface area (TPSA) is 72.7 Å². The van der Waals surface area contributed by atoms with E-state index in [4.69, 9.17) is 0 Å². The number of nitrogens with one attached hydrogen (secondary N) is 1. The fraction of sp³-hybridized carbons (Fsp3) is 0.176. The number of aromatic nitrogens is 4. The number of rotatable bonds is 3. The first-order chi connectivity index (χ1) is 11.0. The normalized spacial score (nSPS) is 10.6. The number of nitrogens with zero attached hydrogens (tertiary/aromatic N) is 4. The minimum Gasteiger partial charge on any atom is -0.321 e. The molecule has 0 fully saturated rings. The molecule has 0 radical (unpaired) electrons. The van der Waals surface area contributed by atoms with Crippen LogP contribution in [0.5, 0.6) is 0 Å². The highest BCUT2D eigenvalue weighted by Crippen LogP contribution is 2.15. The lowest BCUT2D eigenvalue weighted by Gasteiger charge is -2.08. The van der Waals surface area contributed by atoms with Gasteiger partial charge in [0.05, 0.1) is 0 Å². The van der Waals surface area contributed by atoms with E-state index in [0.29, 0.717) is 5.82 Å². The first-order valence-corrected chi connectivity index (χ1v) is 7.27. The molecule has 0 aliphatic heterocycles. The molecule has 116 valence electrons. The van der Waals surface area contributed by atoms with E-state index in [1.165, 1.54) is 5.56 Å². The largest absolute Gasteiger partial charge is 0.321 e. The van der Waals surface area contributed by atoms with Crippen molar-refractivity contribution >= 4 is 11.6 Å². The van der Waals surface area contributed by atoms with Gasteiger partial charge in [-0.2, -0.15) is 0 Å². The molecule has 0 saturated heterocycles. The van der Waals surface area contributed by atoms with E-state index < -0.39 is 0 Å². The number of carbonyl (C=O) groups is 1. The van der Waals surface area contributed by atoms with Gasteiger partial charge in [-0.25, -0.2) is 4.98 Å². The van der Waals surface area contributed by atoms with E-state index in [2.05, 4.69) is 20.5 Å². The highest BCUT2D eigenvalue weighted by atomic mass is 16.1. The van der Waals surface area contributed by atoms with Crippen molar-refractivity contribution in [3.63, 3.8) is 0 Å². The van der Waals surface area contributed by atoms with Crippen LogP contribution in [0.1, 0.15) is 27.4 Å². The Hall–Kier alpha value is -3.02. The summed E-state index contributed by atoms with van der Waals surface area (Å²) in [5.74, 6) is 1.16. The van der Waals surface area contributed by atoms with Gasteiger partial charge in [-0.05, 0) is 56.2 Å². The van der Waals surface area contributed by atoms with Crippen LogP contribution in [0.3, 0.4) is 0 Å². The van der Waals surface area contributed by atoms with Crippen molar-refractivity contribution < 1.29 is 4.79 Å². The summed E-state index contributed by atoms with van der Waals surface area (Å²) in [6.07, 6.45) is 3.49. The molecule has 2 aromatic heterocycles. The van der Waals surface area contributed by atoms with Gasteiger partial charge in [0.25, 0.3) is 5.91 Å². The van der Waals surface area contributed by atoms with Gasteiger partial charge in [-0.15, -0.1) is 10.2 Å². The summed E-state index contributed by atoms with van der Waals surface area (Å²) in [6.45, 7) is 5.91. The van der Waals surface area contributed by atoms with Crippen LogP contribution in [-0.2, 0) is 0 Å². The quantitative estimate of drug-likeness (QED) is 0.807. The van der Waals surface area contributed by atoms with Gasteiger partial charge in [0.1, 0.15) is 5.82 Å². The molecule has 0 saturated carbocycles. The molecule has 1 amide bonds. The number of hydrogen-bond acceptors (Lipinski definition) is 4. The first-order valence-electron chi connectivity index (χ1n) is 7.27. The van der Waals surface area contributed by atoms with Gasteiger partial charge in [0.15, 0.2) is 11.5 Å². The average molecular weight is 307 g/mol. The SMILES string of the molecule is Cc1ccc(NC(=O)c2ccc(-n3ccnc3C)nn2)cc1C. The molecule has 6 heteroatoms. The predicted octanol–water partition coefficient (Wildman–Crippen LogP) is 2.84. The minimum atomic E-state index is -0.283. The van der Waals surface area contributed by atoms with Crippen LogP contribution in [0.25, 0.3) is 5.82 Å². The van der Waals surface area contributed by atoms with Crippen molar-refractivity contribution in [1.29, 1.82) is 0 Å². The molecular weight excluding hydrogens is 290 g/mol. The molecule has 3 rings (SSSR count). The maximum absolute atomic E-state index is 12.2. The van der Waals surface area contributed by atoms with Crippen molar-refractivity contribution in [2.24, 2.45) is 0 Å². The lowest BCUT2D eigenvalue weighted by Crippen LogP contribution is -2.15. The Balaban J connectivity index is 1.77. The summed E-state index contributed by atoms with van der Waals surface area (Å²) in [4.78, 5) is 16.4. The van der Waals surface area contributed by atoms with Gasteiger partial charge in [-0.1, -0.05) is 6.07 Å². The van der Waals surface area contributed by atoms with Gasteiger partial charge in [0, 0.05) is 18.1 Å². The second-order valence-electron chi connectivity index (χ2n) is 5.37. The van der Waals surface area contributed by atoms with Crippen LogP contribution in [0.15, 0.2) is 42.7 Å². The molecule has 2 heterocycles. The third-order valence-electron chi connectivity index (χ3n) is 3.72. The highest BCUT2D eigenvalue weighted by molar-refractivity contribution is 6.02. The molecule has 0 bridgehead atoms.